The largest absolute Gasteiger partial charge is 0.492 e. The first-order valence-corrected chi connectivity index (χ1v) is 4.45. The zero-order valence-electron chi connectivity index (χ0n) is 8.62. The molecule has 2 nitrogen and oxygen atoms in total. The van der Waals surface area contributed by atoms with Gasteiger partial charge < -0.3 is 10.5 Å². The Balaban J connectivity index is 0.00000225. The van der Waals surface area contributed by atoms with Gasteiger partial charge in [-0.15, -0.1) is 12.4 Å². The second kappa shape index (κ2) is 5.96. The van der Waals surface area contributed by atoms with Crippen molar-refractivity contribution in [3.63, 3.8) is 0 Å². The quantitative estimate of drug-likeness (QED) is 0.901. The Bertz CT molecular complexity index is 311. The van der Waals surface area contributed by atoms with Crippen molar-refractivity contribution in [3.05, 3.63) is 29.8 Å². The Labute approximate surface area is 98.0 Å². The minimum absolute atomic E-state index is 0. The molecule has 0 aliphatic heterocycles. The van der Waals surface area contributed by atoms with Gasteiger partial charge in [0.05, 0.1) is 5.56 Å². The predicted octanol–water partition coefficient (Wildman–Crippen LogP) is 2.85. The van der Waals surface area contributed by atoms with Crippen LogP contribution in [0.1, 0.15) is 12.5 Å². The summed E-state index contributed by atoms with van der Waals surface area (Å²) < 4.78 is 41.7. The van der Waals surface area contributed by atoms with Crippen molar-refractivity contribution in [1.82, 2.24) is 0 Å². The van der Waals surface area contributed by atoms with Gasteiger partial charge in [-0.1, -0.05) is 0 Å². The van der Waals surface area contributed by atoms with E-state index < -0.39 is 11.7 Å². The molecule has 1 aromatic rings. The van der Waals surface area contributed by atoms with Crippen LogP contribution in [0.2, 0.25) is 0 Å². The summed E-state index contributed by atoms with van der Waals surface area (Å²) in [5.74, 6) is 0.389. The van der Waals surface area contributed by atoms with Crippen LogP contribution in [-0.4, -0.2) is 12.6 Å². The molecule has 0 fully saturated rings. The van der Waals surface area contributed by atoms with Crippen molar-refractivity contribution in [3.8, 4) is 5.75 Å². The summed E-state index contributed by atoms with van der Waals surface area (Å²) in [5, 5.41) is 0. The van der Waals surface area contributed by atoms with Gasteiger partial charge in [0.1, 0.15) is 12.4 Å². The molecule has 0 saturated heterocycles. The predicted molar refractivity (Wildman–Crippen MR) is 57.8 cm³/mol. The van der Waals surface area contributed by atoms with Crippen LogP contribution in [0.3, 0.4) is 0 Å². The summed E-state index contributed by atoms with van der Waals surface area (Å²) in [7, 11) is 0. The van der Waals surface area contributed by atoms with Crippen LogP contribution in [0, 0.1) is 0 Å². The summed E-state index contributed by atoms with van der Waals surface area (Å²) in [6.07, 6.45) is -4.31. The average molecular weight is 256 g/mol. The highest BCUT2D eigenvalue weighted by atomic mass is 35.5. The number of hydrogen-bond acceptors (Lipinski definition) is 2. The lowest BCUT2D eigenvalue weighted by molar-refractivity contribution is -0.137. The van der Waals surface area contributed by atoms with Crippen molar-refractivity contribution < 1.29 is 17.9 Å². The summed E-state index contributed by atoms with van der Waals surface area (Å²) in [6, 6.07) is 4.39. The molecular formula is C10H13ClF3NO. The van der Waals surface area contributed by atoms with Crippen LogP contribution >= 0.6 is 12.4 Å². The third-order valence-corrected chi connectivity index (χ3v) is 1.69. The Morgan fingerprint density at radius 3 is 2.12 bits per heavy atom. The Morgan fingerprint density at radius 1 is 1.25 bits per heavy atom. The Hall–Kier alpha value is -0.940. The van der Waals surface area contributed by atoms with Crippen molar-refractivity contribution >= 4 is 12.4 Å². The number of ether oxygens (including phenoxy) is 1. The maximum Gasteiger partial charge on any atom is 0.416 e. The highest BCUT2D eigenvalue weighted by Crippen LogP contribution is 2.30. The zero-order chi connectivity index (χ0) is 11.5. The highest BCUT2D eigenvalue weighted by molar-refractivity contribution is 5.85. The maximum absolute atomic E-state index is 12.2. The van der Waals surface area contributed by atoms with Crippen LogP contribution in [0.25, 0.3) is 0 Å². The molecule has 1 rings (SSSR count). The standard InChI is InChI=1S/C10H12F3NO.ClH/c1-7(14)6-15-9-4-2-8(3-5-9)10(11,12)13;/h2-5,7H,6,14H2,1H3;1H. The molecular weight excluding hydrogens is 243 g/mol. The maximum atomic E-state index is 12.2. The normalized spacial score (nSPS) is 12.8. The van der Waals surface area contributed by atoms with Crippen molar-refractivity contribution in [2.45, 2.75) is 19.1 Å². The van der Waals surface area contributed by atoms with E-state index in [-0.39, 0.29) is 25.1 Å². The lowest BCUT2D eigenvalue weighted by atomic mass is 10.2. The van der Waals surface area contributed by atoms with E-state index in [2.05, 4.69) is 0 Å². The summed E-state index contributed by atoms with van der Waals surface area (Å²) in [4.78, 5) is 0. The van der Waals surface area contributed by atoms with Gasteiger partial charge in [0.25, 0.3) is 0 Å². The highest BCUT2D eigenvalue weighted by Gasteiger charge is 2.29. The second-order valence-electron chi connectivity index (χ2n) is 3.31. The van der Waals surface area contributed by atoms with E-state index in [1.807, 2.05) is 0 Å². The Kier molecular flexibility index (Phi) is 5.61. The second-order valence-corrected chi connectivity index (χ2v) is 3.31. The van der Waals surface area contributed by atoms with Crippen molar-refractivity contribution in [2.75, 3.05) is 6.61 Å². The van der Waals surface area contributed by atoms with Gasteiger partial charge in [0.15, 0.2) is 0 Å². The fourth-order valence-corrected chi connectivity index (χ4v) is 0.968. The van der Waals surface area contributed by atoms with Crippen LogP contribution in [-0.2, 0) is 6.18 Å². The van der Waals surface area contributed by atoms with E-state index in [9.17, 15) is 13.2 Å². The van der Waals surface area contributed by atoms with Gasteiger partial charge in [-0.05, 0) is 31.2 Å². The van der Waals surface area contributed by atoms with Gasteiger partial charge in [-0.2, -0.15) is 13.2 Å². The summed E-state index contributed by atoms with van der Waals surface area (Å²) in [5.41, 5.74) is 4.75. The molecule has 2 N–H and O–H groups in total. The van der Waals surface area contributed by atoms with E-state index in [4.69, 9.17) is 10.5 Å². The van der Waals surface area contributed by atoms with E-state index in [0.717, 1.165) is 12.1 Å². The van der Waals surface area contributed by atoms with Crippen molar-refractivity contribution in [1.29, 1.82) is 0 Å². The number of nitrogens with two attached hydrogens (primary N) is 1. The van der Waals surface area contributed by atoms with Crippen LogP contribution < -0.4 is 10.5 Å². The minimum atomic E-state index is -4.31. The number of benzene rings is 1. The SMILES string of the molecule is CC(N)COc1ccc(C(F)(F)F)cc1.Cl. The molecule has 0 spiro atoms. The molecule has 6 heteroatoms. The van der Waals surface area contributed by atoms with E-state index in [1.54, 1.807) is 6.92 Å². The lowest BCUT2D eigenvalue weighted by Crippen LogP contribution is -2.23. The first-order chi connectivity index (χ1) is 6.89. The van der Waals surface area contributed by atoms with Gasteiger partial charge in [0.2, 0.25) is 0 Å². The molecule has 92 valence electrons. The first-order valence-electron chi connectivity index (χ1n) is 4.45. The molecule has 0 radical (unpaired) electrons. The van der Waals surface area contributed by atoms with E-state index in [0.29, 0.717) is 5.75 Å². The molecule has 0 aliphatic rings. The molecule has 0 aliphatic carbocycles. The average Bonchev–Trinajstić information content (AvgIpc) is 2.14. The zero-order valence-corrected chi connectivity index (χ0v) is 9.44. The summed E-state index contributed by atoms with van der Waals surface area (Å²) in [6.45, 7) is 2.04. The van der Waals surface area contributed by atoms with Crippen molar-refractivity contribution in [2.24, 2.45) is 5.73 Å². The topological polar surface area (TPSA) is 35.2 Å². The molecule has 0 saturated carbocycles. The molecule has 0 bridgehead atoms. The molecule has 1 aromatic carbocycles. The third kappa shape index (κ3) is 4.72. The number of hydrogen-bond donors (Lipinski definition) is 1. The van der Waals surface area contributed by atoms with Gasteiger partial charge >= 0.3 is 6.18 Å². The first kappa shape index (κ1) is 15.1. The smallest absolute Gasteiger partial charge is 0.416 e. The van der Waals surface area contributed by atoms with Gasteiger partial charge in [0, 0.05) is 6.04 Å². The monoisotopic (exact) mass is 255 g/mol. The lowest BCUT2D eigenvalue weighted by Gasteiger charge is -2.10. The van der Waals surface area contributed by atoms with Gasteiger partial charge in [-0.25, -0.2) is 0 Å². The fraction of sp³-hybridized carbons (Fsp3) is 0.400. The van der Waals surface area contributed by atoms with Crippen LogP contribution in [0.4, 0.5) is 13.2 Å². The molecule has 0 aromatic heterocycles. The Morgan fingerprint density at radius 2 is 1.75 bits per heavy atom. The molecule has 0 heterocycles. The molecule has 1 unspecified atom stereocenters. The number of halogens is 4. The summed E-state index contributed by atoms with van der Waals surface area (Å²) >= 11 is 0. The fourth-order valence-electron chi connectivity index (χ4n) is 0.968. The van der Waals surface area contributed by atoms with Gasteiger partial charge in [-0.3, -0.25) is 0 Å². The molecule has 1 atom stereocenters. The van der Waals surface area contributed by atoms with Crippen LogP contribution in [0.5, 0.6) is 5.75 Å². The molecule has 0 amide bonds. The number of rotatable bonds is 3. The minimum Gasteiger partial charge on any atom is -0.492 e. The number of alkyl halides is 3. The van der Waals surface area contributed by atoms with Crippen LogP contribution in [0.15, 0.2) is 24.3 Å². The van der Waals surface area contributed by atoms with E-state index >= 15 is 0 Å². The third-order valence-electron chi connectivity index (χ3n) is 1.69. The molecule has 16 heavy (non-hydrogen) atoms. The van der Waals surface area contributed by atoms with E-state index in [1.165, 1.54) is 12.1 Å².